The number of hydrogen-bond acceptors (Lipinski definition) is 4. The van der Waals surface area contributed by atoms with Crippen molar-refractivity contribution in [2.24, 2.45) is 0 Å². The summed E-state index contributed by atoms with van der Waals surface area (Å²) in [6.45, 7) is 3.51. The average molecular weight is 717 g/mol. The van der Waals surface area contributed by atoms with Crippen LogP contribution >= 0.6 is 15.9 Å². The zero-order valence-corrected chi connectivity index (χ0v) is 29.3. The van der Waals surface area contributed by atoms with E-state index >= 15 is 0 Å². The summed E-state index contributed by atoms with van der Waals surface area (Å²) in [6.07, 6.45) is 4.77. The average Bonchev–Trinajstić information content (AvgIpc) is 3.59. The van der Waals surface area contributed by atoms with E-state index in [-0.39, 0.29) is 29.8 Å². The number of aryl methyl sites for hydroxylation is 2. The van der Waals surface area contributed by atoms with Crippen LogP contribution in [0.3, 0.4) is 0 Å². The number of hydrogen-bond donors (Lipinski definition) is 1. The molecular formula is C38H42BrN3O4S. The van der Waals surface area contributed by atoms with Gasteiger partial charge in [0, 0.05) is 23.5 Å². The van der Waals surface area contributed by atoms with Gasteiger partial charge >= 0.3 is 0 Å². The largest absolute Gasteiger partial charge is 0.352 e. The van der Waals surface area contributed by atoms with E-state index in [4.69, 9.17) is 0 Å². The third-order valence-corrected chi connectivity index (χ3v) is 11.0. The van der Waals surface area contributed by atoms with Gasteiger partial charge in [0.25, 0.3) is 10.0 Å². The van der Waals surface area contributed by atoms with Gasteiger partial charge in [-0.15, -0.1) is 0 Å². The fourth-order valence-electron chi connectivity index (χ4n) is 6.16. The standard InChI is InChI=1S/C38H42BrN3O4S/c1-3-31-15-7-10-19-35(31)42(47(45,46)34-22-20-28(2)21-23-34)27-37(43)41(26-30-14-11-16-32(39)24-30)36(25-29-12-5-4-6-13-29)38(44)40-33-17-8-9-18-33/h4-7,10-16,19-24,33,36H,3,8-9,17-18,25-27H2,1-2H3,(H,40,44)/t36-/m1/s1. The summed E-state index contributed by atoms with van der Waals surface area (Å²) in [5, 5.41) is 3.22. The Labute approximate surface area is 287 Å². The third-order valence-electron chi connectivity index (χ3n) is 8.74. The number of nitrogens with zero attached hydrogens (tertiary/aromatic N) is 2. The molecule has 9 heteroatoms. The van der Waals surface area contributed by atoms with Gasteiger partial charge in [-0.25, -0.2) is 8.42 Å². The molecule has 4 aromatic carbocycles. The number of nitrogens with one attached hydrogen (secondary N) is 1. The summed E-state index contributed by atoms with van der Waals surface area (Å²) in [4.78, 5) is 30.6. The van der Waals surface area contributed by atoms with Crippen molar-refractivity contribution in [2.45, 2.75) is 75.9 Å². The van der Waals surface area contributed by atoms with Crippen molar-refractivity contribution in [1.29, 1.82) is 0 Å². The lowest BCUT2D eigenvalue weighted by Gasteiger charge is -2.34. The Morgan fingerprint density at radius 2 is 1.53 bits per heavy atom. The van der Waals surface area contributed by atoms with Crippen molar-refractivity contribution in [2.75, 3.05) is 10.8 Å². The van der Waals surface area contributed by atoms with Crippen LogP contribution in [0, 0.1) is 6.92 Å². The lowest BCUT2D eigenvalue weighted by Crippen LogP contribution is -2.54. The zero-order valence-electron chi connectivity index (χ0n) is 26.9. The number of sulfonamides is 1. The fourth-order valence-corrected chi connectivity index (χ4v) is 8.06. The van der Waals surface area contributed by atoms with Crippen LogP contribution < -0.4 is 9.62 Å². The molecule has 1 fully saturated rings. The molecule has 246 valence electrons. The monoisotopic (exact) mass is 715 g/mol. The van der Waals surface area contributed by atoms with Crippen molar-refractivity contribution in [3.63, 3.8) is 0 Å². The summed E-state index contributed by atoms with van der Waals surface area (Å²) in [5.74, 6) is -0.694. The minimum atomic E-state index is -4.16. The molecule has 0 aromatic heterocycles. The summed E-state index contributed by atoms with van der Waals surface area (Å²) >= 11 is 3.54. The predicted molar refractivity (Wildman–Crippen MR) is 191 cm³/mol. The number of carbonyl (C=O) groups is 2. The Morgan fingerprint density at radius 3 is 2.21 bits per heavy atom. The molecule has 0 saturated heterocycles. The molecular weight excluding hydrogens is 674 g/mol. The van der Waals surface area contributed by atoms with Crippen molar-refractivity contribution >= 4 is 43.5 Å². The number of halogens is 1. The maximum Gasteiger partial charge on any atom is 0.264 e. The highest BCUT2D eigenvalue weighted by Crippen LogP contribution is 2.29. The van der Waals surface area contributed by atoms with Crippen LogP contribution in [0.1, 0.15) is 54.9 Å². The zero-order chi connectivity index (χ0) is 33.4. The van der Waals surface area contributed by atoms with Crippen LogP contribution in [0.4, 0.5) is 5.69 Å². The maximum absolute atomic E-state index is 14.7. The highest BCUT2D eigenvalue weighted by Gasteiger charge is 2.36. The maximum atomic E-state index is 14.7. The van der Waals surface area contributed by atoms with Crippen LogP contribution in [0.5, 0.6) is 0 Å². The van der Waals surface area contributed by atoms with E-state index in [0.717, 1.165) is 52.4 Å². The van der Waals surface area contributed by atoms with E-state index in [0.29, 0.717) is 12.1 Å². The summed E-state index contributed by atoms with van der Waals surface area (Å²) in [7, 11) is -4.16. The molecule has 0 spiro atoms. The van der Waals surface area contributed by atoms with Crippen molar-refractivity contribution < 1.29 is 18.0 Å². The summed E-state index contributed by atoms with van der Waals surface area (Å²) < 4.78 is 30.8. The number of anilines is 1. The number of amides is 2. The summed E-state index contributed by atoms with van der Waals surface area (Å²) in [5.41, 5.74) is 3.90. The molecule has 0 radical (unpaired) electrons. The molecule has 0 unspecified atom stereocenters. The second-order valence-electron chi connectivity index (χ2n) is 12.2. The first-order chi connectivity index (χ1) is 22.7. The fraction of sp³-hybridized carbons (Fsp3) is 0.316. The molecule has 0 heterocycles. The molecule has 5 rings (SSSR count). The van der Waals surface area contributed by atoms with Crippen LogP contribution in [0.25, 0.3) is 0 Å². The van der Waals surface area contributed by atoms with E-state index in [2.05, 4.69) is 21.2 Å². The minimum absolute atomic E-state index is 0.0541. The Hall–Kier alpha value is -3.95. The van der Waals surface area contributed by atoms with Crippen LogP contribution in [-0.2, 0) is 39.0 Å². The lowest BCUT2D eigenvalue weighted by molar-refractivity contribution is -0.140. The highest BCUT2D eigenvalue weighted by molar-refractivity contribution is 9.10. The number of rotatable bonds is 13. The SMILES string of the molecule is CCc1ccccc1N(CC(=O)N(Cc1cccc(Br)c1)[C@H](Cc1ccccc1)C(=O)NC1CCCC1)S(=O)(=O)c1ccc(C)cc1. The Balaban J connectivity index is 1.59. The van der Waals surface area contributed by atoms with Crippen molar-refractivity contribution in [1.82, 2.24) is 10.2 Å². The van der Waals surface area contributed by atoms with E-state index in [1.807, 2.05) is 80.6 Å². The van der Waals surface area contributed by atoms with Gasteiger partial charge in [-0.3, -0.25) is 13.9 Å². The normalized spacial score (nSPS) is 14.0. The Morgan fingerprint density at radius 1 is 0.872 bits per heavy atom. The van der Waals surface area contributed by atoms with Gasteiger partial charge in [-0.2, -0.15) is 0 Å². The van der Waals surface area contributed by atoms with Gasteiger partial charge in [0.2, 0.25) is 11.8 Å². The quantitative estimate of drug-likeness (QED) is 0.159. The number of carbonyl (C=O) groups excluding carboxylic acids is 2. The second-order valence-corrected chi connectivity index (χ2v) is 14.9. The number of para-hydroxylation sites is 1. The lowest BCUT2D eigenvalue weighted by atomic mass is 10.0. The van der Waals surface area contributed by atoms with E-state index in [9.17, 15) is 18.0 Å². The Bertz CT molecular complexity index is 1770. The van der Waals surface area contributed by atoms with Crippen LogP contribution in [-0.4, -0.2) is 43.8 Å². The minimum Gasteiger partial charge on any atom is -0.352 e. The molecule has 1 N–H and O–H groups in total. The van der Waals surface area contributed by atoms with Gasteiger partial charge < -0.3 is 10.2 Å². The Kier molecular flexibility index (Phi) is 11.5. The molecule has 2 amide bonds. The van der Waals surface area contributed by atoms with E-state index < -0.39 is 28.5 Å². The van der Waals surface area contributed by atoms with Crippen LogP contribution in [0.15, 0.2) is 112 Å². The molecule has 7 nitrogen and oxygen atoms in total. The first-order valence-electron chi connectivity index (χ1n) is 16.2. The van der Waals surface area contributed by atoms with Gasteiger partial charge in [0.05, 0.1) is 10.6 Å². The molecule has 0 aliphatic heterocycles. The molecule has 47 heavy (non-hydrogen) atoms. The molecule has 0 bridgehead atoms. The van der Waals surface area contributed by atoms with E-state index in [1.165, 1.54) is 4.31 Å². The van der Waals surface area contributed by atoms with Gasteiger partial charge in [0.15, 0.2) is 0 Å². The molecule has 1 atom stereocenters. The van der Waals surface area contributed by atoms with Crippen molar-refractivity contribution in [3.8, 4) is 0 Å². The van der Waals surface area contributed by atoms with Gasteiger partial charge in [0.1, 0.15) is 12.6 Å². The summed E-state index contributed by atoms with van der Waals surface area (Å²) in [6, 6.07) is 30.4. The first-order valence-corrected chi connectivity index (χ1v) is 18.4. The van der Waals surface area contributed by atoms with E-state index in [1.54, 1.807) is 41.3 Å². The molecule has 1 saturated carbocycles. The smallest absolute Gasteiger partial charge is 0.264 e. The van der Waals surface area contributed by atoms with Crippen LogP contribution in [0.2, 0.25) is 0 Å². The second kappa shape index (κ2) is 15.8. The molecule has 1 aliphatic rings. The van der Waals surface area contributed by atoms with Gasteiger partial charge in [-0.05, 0) is 73.2 Å². The highest BCUT2D eigenvalue weighted by atomic mass is 79.9. The molecule has 4 aromatic rings. The number of benzene rings is 4. The van der Waals surface area contributed by atoms with Crippen molar-refractivity contribution in [3.05, 3.63) is 130 Å². The predicted octanol–water partition coefficient (Wildman–Crippen LogP) is 7.21. The van der Waals surface area contributed by atoms with Gasteiger partial charge in [-0.1, -0.05) is 114 Å². The third kappa shape index (κ3) is 8.70. The first kappa shape index (κ1) is 34.4. The molecule has 1 aliphatic carbocycles. The topological polar surface area (TPSA) is 86.8 Å².